The van der Waals surface area contributed by atoms with Crippen LogP contribution in [0.15, 0.2) is 24.3 Å². The molecule has 0 N–H and O–H groups in total. The lowest BCUT2D eigenvalue weighted by atomic mass is 10.0. The van der Waals surface area contributed by atoms with Gasteiger partial charge in [-0.2, -0.15) is 5.10 Å². The van der Waals surface area contributed by atoms with Crippen LogP contribution in [0.3, 0.4) is 0 Å². The van der Waals surface area contributed by atoms with E-state index in [1.54, 1.807) is 18.8 Å². The fourth-order valence-corrected chi connectivity index (χ4v) is 2.48. The molecule has 0 radical (unpaired) electrons. The Hall–Kier alpha value is -1.81. The van der Waals surface area contributed by atoms with E-state index in [4.69, 9.17) is 16.3 Å². The van der Waals surface area contributed by atoms with Crippen molar-refractivity contribution in [3.05, 3.63) is 46.2 Å². The highest BCUT2D eigenvalue weighted by atomic mass is 35.5. The summed E-state index contributed by atoms with van der Waals surface area (Å²) in [7, 11) is 3.42. The molecule has 0 saturated heterocycles. The molecule has 112 valence electrons. The Balaban J connectivity index is 1.92. The van der Waals surface area contributed by atoms with Crippen molar-refractivity contribution >= 4 is 17.4 Å². The smallest absolute Gasteiger partial charge is 0.137 e. The molecule has 2 aromatic rings. The number of benzene rings is 1. The first-order valence-electron chi connectivity index (χ1n) is 6.84. The number of aromatic nitrogens is 2. The highest BCUT2D eigenvalue weighted by Gasteiger charge is 2.14. The van der Waals surface area contributed by atoms with E-state index in [0.29, 0.717) is 18.0 Å². The molecule has 2 rings (SSSR count). The highest BCUT2D eigenvalue weighted by molar-refractivity contribution is 6.30. The predicted octanol–water partition coefficient (Wildman–Crippen LogP) is 3.13. The largest absolute Gasteiger partial charge is 0.497 e. The number of ether oxygens (including phenoxy) is 1. The monoisotopic (exact) mass is 306 g/mol. The second-order valence-corrected chi connectivity index (χ2v) is 5.40. The molecule has 1 aromatic carbocycles. The maximum atomic E-state index is 12.1. The number of ketones is 1. The number of Topliss-reactive ketones (excluding diaryl/α,β-unsaturated/α-hetero) is 1. The Labute approximate surface area is 129 Å². The van der Waals surface area contributed by atoms with Crippen LogP contribution in [0.25, 0.3) is 0 Å². The molecule has 0 unspecified atom stereocenters. The fraction of sp³-hybridized carbons (Fsp3) is 0.375. The third-order valence-electron chi connectivity index (χ3n) is 3.50. The lowest BCUT2D eigenvalue weighted by Crippen LogP contribution is -2.05. The zero-order valence-electron chi connectivity index (χ0n) is 12.5. The van der Waals surface area contributed by atoms with Crippen LogP contribution < -0.4 is 4.74 Å². The molecule has 0 bridgehead atoms. The van der Waals surface area contributed by atoms with Crippen molar-refractivity contribution in [3.63, 3.8) is 0 Å². The second-order valence-electron chi connectivity index (χ2n) is 5.04. The summed E-state index contributed by atoms with van der Waals surface area (Å²) in [4.78, 5) is 12.1. The van der Waals surface area contributed by atoms with E-state index in [0.717, 1.165) is 29.0 Å². The second kappa shape index (κ2) is 6.76. The minimum atomic E-state index is 0.170. The van der Waals surface area contributed by atoms with Crippen LogP contribution in [-0.4, -0.2) is 22.7 Å². The summed E-state index contributed by atoms with van der Waals surface area (Å²) in [6, 6.07) is 7.77. The van der Waals surface area contributed by atoms with Gasteiger partial charge >= 0.3 is 0 Å². The Morgan fingerprint density at radius 3 is 2.52 bits per heavy atom. The number of carbonyl (C=O) groups excluding carboxylic acids is 1. The van der Waals surface area contributed by atoms with E-state index >= 15 is 0 Å². The first-order chi connectivity index (χ1) is 10.0. The number of hydrogen-bond donors (Lipinski definition) is 0. The van der Waals surface area contributed by atoms with Crippen LogP contribution in [0, 0.1) is 6.92 Å². The number of nitrogens with zero attached hydrogens (tertiary/aromatic N) is 2. The maximum Gasteiger partial charge on any atom is 0.137 e. The van der Waals surface area contributed by atoms with Gasteiger partial charge in [-0.15, -0.1) is 0 Å². The third-order valence-corrected chi connectivity index (χ3v) is 3.97. The number of rotatable bonds is 6. The summed E-state index contributed by atoms with van der Waals surface area (Å²) >= 11 is 6.14. The Morgan fingerprint density at radius 2 is 2.00 bits per heavy atom. The zero-order chi connectivity index (χ0) is 15.4. The van der Waals surface area contributed by atoms with E-state index in [2.05, 4.69) is 5.10 Å². The fourth-order valence-electron chi connectivity index (χ4n) is 2.24. The minimum absolute atomic E-state index is 0.170. The number of hydrogen-bond acceptors (Lipinski definition) is 3. The molecule has 0 spiro atoms. The van der Waals surface area contributed by atoms with Crippen LogP contribution >= 0.6 is 11.6 Å². The molecular formula is C16H19ClN2O2. The van der Waals surface area contributed by atoms with Gasteiger partial charge in [0.05, 0.1) is 12.8 Å². The Morgan fingerprint density at radius 1 is 1.33 bits per heavy atom. The summed E-state index contributed by atoms with van der Waals surface area (Å²) in [5.74, 6) is 0.992. The van der Waals surface area contributed by atoms with Crippen molar-refractivity contribution in [2.75, 3.05) is 7.11 Å². The summed E-state index contributed by atoms with van der Waals surface area (Å²) in [6.07, 6.45) is 1.56. The average Bonchev–Trinajstić information content (AvgIpc) is 2.72. The molecule has 4 nitrogen and oxygen atoms in total. The molecule has 21 heavy (non-hydrogen) atoms. The molecule has 0 atom stereocenters. The van der Waals surface area contributed by atoms with Crippen molar-refractivity contribution in [2.45, 2.75) is 26.2 Å². The number of carbonyl (C=O) groups is 1. The molecule has 0 aliphatic carbocycles. The molecule has 0 fully saturated rings. The normalized spacial score (nSPS) is 10.7. The lowest BCUT2D eigenvalue weighted by Gasteiger charge is -2.04. The van der Waals surface area contributed by atoms with Gasteiger partial charge in [-0.05, 0) is 31.0 Å². The molecule has 0 aliphatic heterocycles. The SMILES string of the molecule is COc1ccc(CCC(=O)Cc2c(C)nn(C)c2Cl)cc1. The van der Waals surface area contributed by atoms with Gasteiger partial charge in [-0.3, -0.25) is 9.48 Å². The number of methoxy groups -OCH3 is 1. The van der Waals surface area contributed by atoms with Gasteiger partial charge in [0.15, 0.2) is 0 Å². The zero-order valence-corrected chi connectivity index (χ0v) is 13.3. The van der Waals surface area contributed by atoms with Gasteiger partial charge in [-0.25, -0.2) is 0 Å². The summed E-state index contributed by atoms with van der Waals surface area (Å²) in [5.41, 5.74) is 2.78. The van der Waals surface area contributed by atoms with Crippen molar-refractivity contribution in [1.29, 1.82) is 0 Å². The van der Waals surface area contributed by atoms with Gasteiger partial charge in [0.1, 0.15) is 16.7 Å². The molecule has 1 aromatic heterocycles. The Kier molecular flexibility index (Phi) is 5.02. The van der Waals surface area contributed by atoms with E-state index < -0.39 is 0 Å². The van der Waals surface area contributed by atoms with Crippen LogP contribution in [0.2, 0.25) is 5.15 Å². The first kappa shape index (κ1) is 15.6. The van der Waals surface area contributed by atoms with Gasteiger partial charge in [0.2, 0.25) is 0 Å². The standard InChI is InChI=1S/C16H19ClN2O2/c1-11-15(16(17)19(2)18-11)10-13(20)7-4-12-5-8-14(21-3)9-6-12/h5-6,8-9H,4,7,10H2,1-3H3. The van der Waals surface area contributed by atoms with Crippen molar-refractivity contribution in [3.8, 4) is 5.75 Å². The number of halogens is 1. The number of aryl methyl sites for hydroxylation is 3. The predicted molar refractivity (Wildman–Crippen MR) is 83.0 cm³/mol. The topological polar surface area (TPSA) is 44.1 Å². The summed E-state index contributed by atoms with van der Waals surface area (Å²) < 4.78 is 6.71. The van der Waals surface area contributed by atoms with Crippen molar-refractivity contribution in [1.82, 2.24) is 9.78 Å². The molecule has 1 heterocycles. The molecule has 0 amide bonds. The van der Waals surface area contributed by atoms with E-state index in [1.807, 2.05) is 31.2 Å². The van der Waals surface area contributed by atoms with Crippen LogP contribution in [0.1, 0.15) is 23.2 Å². The van der Waals surface area contributed by atoms with E-state index in [1.165, 1.54) is 0 Å². The molecule has 0 aliphatic rings. The molecule has 5 heteroatoms. The van der Waals surface area contributed by atoms with Gasteiger partial charge < -0.3 is 4.74 Å². The summed E-state index contributed by atoms with van der Waals surface area (Å²) in [6.45, 7) is 1.87. The van der Waals surface area contributed by atoms with E-state index in [9.17, 15) is 4.79 Å². The Bertz CT molecular complexity index is 632. The van der Waals surface area contributed by atoms with Crippen LogP contribution in [0.4, 0.5) is 0 Å². The van der Waals surface area contributed by atoms with Crippen molar-refractivity contribution < 1.29 is 9.53 Å². The average molecular weight is 307 g/mol. The van der Waals surface area contributed by atoms with Crippen LogP contribution in [-0.2, 0) is 24.7 Å². The van der Waals surface area contributed by atoms with Crippen molar-refractivity contribution in [2.24, 2.45) is 7.05 Å². The third kappa shape index (κ3) is 3.85. The summed E-state index contributed by atoms with van der Waals surface area (Å²) in [5, 5.41) is 4.77. The van der Waals surface area contributed by atoms with E-state index in [-0.39, 0.29) is 5.78 Å². The first-order valence-corrected chi connectivity index (χ1v) is 7.21. The molecule has 0 saturated carbocycles. The highest BCUT2D eigenvalue weighted by Crippen LogP contribution is 2.20. The maximum absolute atomic E-state index is 12.1. The van der Waals surface area contributed by atoms with Gasteiger partial charge in [0.25, 0.3) is 0 Å². The van der Waals surface area contributed by atoms with Gasteiger partial charge in [0, 0.05) is 25.5 Å². The van der Waals surface area contributed by atoms with Crippen LogP contribution in [0.5, 0.6) is 5.75 Å². The lowest BCUT2D eigenvalue weighted by molar-refractivity contribution is -0.118. The van der Waals surface area contributed by atoms with Gasteiger partial charge in [-0.1, -0.05) is 23.7 Å². The molecular weight excluding hydrogens is 288 g/mol. The quantitative estimate of drug-likeness (QED) is 0.823. The minimum Gasteiger partial charge on any atom is -0.497 e.